The van der Waals surface area contributed by atoms with Crippen LogP contribution in [0.4, 0.5) is 17.1 Å². The molecule has 2 aromatic carbocycles. The molecule has 0 fully saturated rings. The highest BCUT2D eigenvalue weighted by molar-refractivity contribution is 7.08. The van der Waals surface area contributed by atoms with Crippen molar-refractivity contribution in [2.24, 2.45) is 4.99 Å². The molecule has 1 aromatic heterocycles. The minimum atomic E-state index is -0.115. The molecule has 0 bridgehead atoms. The Balaban J connectivity index is 1.44. The Hall–Kier alpha value is -3.70. The summed E-state index contributed by atoms with van der Waals surface area (Å²) in [6.45, 7) is 0. The second-order valence-electron chi connectivity index (χ2n) is 6.83. The van der Waals surface area contributed by atoms with Crippen molar-refractivity contribution in [2.45, 2.75) is 6.42 Å². The Morgan fingerprint density at radius 2 is 1.87 bits per heavy atom. The number of carbonyl (C=O) groups is 1. The molecule has 1 aliphatic heterocycles. The number of para-hydroxylation sites is 1. The zero-order valence-corrected chi connectivity index (χ0v) is 16.9. The first-order chi connectivity index (χ1) is 14.8. The maximum absolute atomic E-state index is 13.2. The van der Waals surface area contributed by atoms with Crippen LogP contribution in [0.25, 0.3) is 0 Å². The third-order valence-electron chi connectivity index (χ3n) is 4.83. The van der Waals surface area contributed by atoms with E-state index in [-0.39, 0.29) is 5.91 Å². The van der Waals surface area contributed by atoms with E-state index in [1.165, 1.54) is 0 Å². The van der Waals surface area contributed by atoms with E-state index in [1.807, 2.05) is 83.6 Å². The number of rotatable bonds is 4. The molecule has 3 aromatic rings. The first kappa shape index (κ1) is 18.3. The minimum Gasteiger partial charge on any atom is -0.457 e. The fourth-order valence-electron chi connectivity index (χ4n) is 3.43. The summed E-state index contributed by atoms with van der Waals surface area (Å²) in [4.78, 5) is 19.6. The summed E-state index contributed by atoms with van der Waals surface area (Å²) in [6, 6.07) is 17.2. The Morgan fingerprint density at radius 3 is 2.70 bits per heavy atom. The van der Waals surface area contributed by atoms with E-state index >= 15 is 0 Å². The van der Waals surface area contributed by atoms with Crippen molar-refractivity contribution in [3.63, 3.8) is 0 Å². The molecule has 1 aliphatic carbocycles. The van der Waals surface area contributed by atoms with Gasteiger partial charge in [0.2, 0.25) is 0 Å². The maximum Gasteiger partial charge on any atom is 0.282 e. The predicted molar refractivity (Wildman–Crippen MR) is 122 cm³/mol. The fourth-order valence-corrected chi connectivity index (χ4v) is 4.05. The van der Waals surface area contributed by atoms with Crippen LogP contribution in [0.3, 0.4) is 0 Å². The summed E-state index contributed by atoms with van der Waals surface area (Å²) in [5.74, 6) is 1.40. The van der Waals surface area contributed by atoms with Crippen LogP contribution in [0.5, 0.6) is 5.75 Å². The van der Waals surface area contributed by atoms with E-state index in [9.17, 15) is 4.79 Å². The number of allylic oxidation sites excluding steroid dienone is 5. The zero-order valence-electron chi connectivity index (χ0n) is 16.1. The summed E-state index contributed by atoms with van der Waals surface area (Å²) in [7, 11) is 0. The van der Waals surface area contributed by atoms with Gasteiger partial charge in [-0.05, 0) is 60.4 Å². The van der Waals surface area contributed by atoms with Crippen molar-refractivity contribution >= 4 is 40.0 Å². The van der Waals surface area contributed by atoms with E-state index < -0.39 is 0 Å². The Bertz CT molecular complexity index is 1200. The molecule has 2 aliphatic rings. The van der Waals surface area contributed by atoms with E-state index in [0.29, 0.717) is 11.4 Å². The highest BCUT2D eigenvalue weighted by Crippen LogP contribution is 2.37. The van der Waals surface area contributed by atoms with Gasteiger partial charge < -0.3 is 4.74 Å². The molecule has 0 radical (unpaired) electrons. The maximum atomic E-state index is 13.2. The highest BCUT2D eigenvalue weighted by atomic mass is 32.1. The van der Waals surface area contributed by atoms with E-state index in [1.54, 1.807) is 16.2 Å². The SMILES string of the molecule is O=C1C(=Nc2ccc(OC3=CC=CCC=C3)cc2)c2ccccc2N1c1ccsc1. The summed E-state index contributed by atoms with van der Waals surface area (Å²) in [6.07, 6.45) is 10.9. The Morgan fingerprint density at radius 1 is 1.00 bits per heavy atom. The Kier molecular flexibility index (Phi) is 4.87. The number of anilines is 2. The third-order valence-corrected chi connectivity index (χ3v) is 5.51. The van der Waals surface area contributed by atoms with Crippen LogP contribution in [-0.2, 0) is 4.79 Å². The quantitative estimate of drug-likeness (QED) is 0.505. The first-order valence-corrected chi connectivity index (χ1v) is 10.6. The van der Waals surface area contributed by atoms with Crippen LogP contribution in [0.15, 0.2) is 106 Å². The van der Waals surface area contributed by atoms with Gasteiger partial charge in [0, 0.05) is 10.9 Å². The number of thiophene rings is 1. The number of nitrogens with zero attached hydrogens (tertiary/aromatic N) is 2. The normalized spacial score (nSPS) is 16.5. The molecule has 2 heterocycles. The van der Waals surface area contributed by atoms with Gasteiger partial charge in [-0.3, -0.25) is 9.69 Å². The van der Waals surface area contributed by atoms with Crippen molar-refractivity contribution in [3.8, 4) is 5.75 Å². The lowest BCUT2D eigenvalue weighted by Crippen LogP contribution is -2.24. The van der Waals surface area contributed by atoms with Gasteiger partial charge in [0.15, 0.2) is 0 Å². The zero-order chi connectivity index (χ0) is 20.3. The summed E-state index contributed by atoms with van der Waals surface area (Å²) >= 11 is 1.56. The molecule has 0 N–H and O–H groups in total. The molecule has 30 heavy (non-hydrogen) atoms. The number of hydrogen-bond acceptors (Lipinski definition) is 4. The molecule has 5 rings (SSSR count). The van der Waals surface area contributed by atoms with Gasteiger partial charge in [-0.2, -0.15) is 11.3 Å². The monoisotopic (exact) mass is 410 g/mol. The first-order valence-electron chi connectivity index (χ1n) is 9.66. The average molecular weight is 410 g/mol. The number of ether oxygens (including phenoxy) is 1. The van der Waals surface area contributed by atoms with E-state index in [2.05, 4.69) is 17.1 Å². The Labute approximate surface area is 178 Å². The second kappa shape index (κ2) is 7.97. The van der Waals surface area contributed by atoms with Crippen LogP contribution < -0.4 is 9.64 Å². The fraction of sp³-hybridized carbons (Fsp3) is 0.0400. The summed E-state index contributed by atoms with van der Waals surface area (Å²) in [5, 5.41) is 3.93. The molecule has 0 atom stereocenters. The van der Waals surface area contributed by atoms with Gasteiger partial charge in [-0.1, -0.05) is 36.4 Å². The number of fused-ring (bicyclic) bond motifs is 1. The molecule has 5 heteroatoms. The molecule has 0 spiro atoms. The molecular weight excluding hydrogens is 392 g/mol. The van der Waals surface area contributed by atoms with Gasteiger partial charge in [0.1, 0.15) is 17.2 Å². The minimum absolute atomic E-state index is 0.115. The van der Waals surface area contributed by atoms with Gasteiger partial charge in [-0.15, -0.1) is 0 Å². The van der Waals surface area contributed by atoms with Gasteiger partial charge in [0.25, 0.3) is 5.91 Å². The van der Waals surface area contributed by atoms with Crippen molar-refractivity contribution < 1.29 is 9.53 Å². The molecule has 146 valence electrons. The second-order valence-corrected chi connectivity index (χ2v) is 7.61. The molecule has 4 nitrogen and oxygen atoms in total. The standard InChI is InChI=1S/C25H18N2O2S/c28-25-24(22-9-5-6-10-23(22)27(25)19-15-16-30-17-19)26-18-11-13-21(14-12-18)29-20-7-3-1-2-4-8-20/h1,3-17H,2H2. The largest absolute Gasteiger partial charge is 0.457 e. The third kappa shape index (κ3) is 3.51. The molecule has 1 amide bonds. The number of aliphatic imine (C=N–C) groups is 1. The van der Waals surface area contributed by atoms with Crippen molar-refractivity contribution in [1.82, 2.24) is 0 Å². The highest BCUT2D eigenvalue weighted by Gasteiger charge is 2.34. The average Bonchev–Trinajstić information content (AvgIpc) is 3.29. The van der Waals surface area contributed by atoms with E-state index in [4.69, 9.17) is 4.74 Å². The summed E-state index contributed by atoms with van der Waals surface area (Å²) in [5.41, 5.74) is 3.72. The lowest BCUT2D eigenvalue weighted by Gasteiger charge is -2.14. The summed E-state index contributed by atoms with van der Waals surface area (Å²) < 4.78 is 5.90. The van der Waals surface area contributed by atoms with Gasteiger partial charge in [-0.25, -0.2) is 4.99 Å². The molecule has 0 unspecified atom stereocenters. The predicted octanol–water partition coefficient (Wildman–Crippen LogP) is 6.33. The van der Waals surface area contributed by atoms with Crippen LogP contribution in [0, 0.1) is 0 Å². The van der Waals surface area contributed by atoms with Crippen LogP contribution >= 0.6 is 11.3 Å². The van der Waals surface area contributed by atoms with Crippen molar-refractivity contribution in [1.29, 1.82) is 0 Å². The lowest BCUT2D eigenvalue weighted by atomic mass is 10.1. The topological polar surface area (TPSA) is 41.9 Å². The number of hydrogen-bond donors (Lipinski definition) is 0. The lowest BCUT2D eigenvalue weighted by molar-refractivity contribution is -0.111. The van der Waals surface area contributed by atoms with Gasteiger partial charge in [0.05, 0.1) is 17.1 Å². The molecule has 0 saturated carbocycles. The van der Waals surface area contributed by atoms with Crippen molar-refractivity contribution in [2.75, 3.05) is 4.90 Å². The number of amides is 1. The van der Waals surface area contributed by atoms with E-state index in [0.717, 1.165) is 34.9 Å². The smallest absolute Gasteiger partial charge is 0.282 e. The van der Waals surface area contributed by atoms with Gasteiger partial charge >= 0.3 is 0 Å². The van der Waals surface area contributed by atoms with Crippen LogP contribution in [0.2, 0.25) is 0 Å². The number of carbonyl (C=O) groups excluding carboxylic acids is 1. The number of benzene rings is 2. The van der Waals surface area contributed by atoms with Crippen molar-refractivity contribution in [3.05, 3.63) is 107 Å². The molecule has 0 saturated heterocycles. The molecular formula is C25H18N2O2S. The van der Waals surface area contributed by atoms with Crippen LogP contribution in [0.1, 0.15) is 12.0 Å². The van der Waals surface area contributed by atoms with Crippen LogP contribution in [-0.4, -0.2) is 11.6 Å².